The minimum Gasteiger partial charge on any atom is -0.324 e. The summed E-state index contributed by atoms with van der Waals surface area (Å²) in [6, 6.07) is 12.7. The molecular weight excluding hydrogens is 388 g/mol. The van der Waals surface area contributed by atoms with Crippen LogP contribution in [-0.4, -0.2) is 37.0 Å². The third-order valence-corrected chi connectivity index (χ3v) is 7.20. The SMILES string of the molecule is CCc1ccccc1NC(=O)C1CCCCN1S(=O)(=O)c1ccc(C(C)=O)cc1. The van der Waals surface area contributed by atoms with Crippen LogP contribution >= 0.6 is 0 Å². The molecule has 2 aromatic carbocycles. The van der Waals surface area contributed by atoms with Crippen molar-refractivity contribution in [3.05, 3.63) is 59.7 Å². The Balaban J connectivity index is 1.86. The van der Waals surface area contributed by atoms with Crippen molar-refractivity contribution in [2.24, 2.45) is 0 Å². The van der Waals surface area contributed by atoms with Crippen molar-refractivity contribution in [3.8, 4) is 0 Å². The van der Waals surface area contributed by atoms with Crippen molar-refractivity contribution in [2.75, 3.05) is 11.9 Å². The van der Waals surface area contributed by atoms with E-state index in [0.29, 0.717) is 30.6 Å². The van der Waals surface area contributed by atoms with Gasteiger partial charge in [-0.05, 0) is 49.9 Å². The van der Waals surface area contributed by atoms with E-state index in [4.69, 9.17) is 0 Å². The number of Topliss-reactive ketones (excluding diaryl/α,β-unsaturated/α-hetero) is 1. The quantitative estimate of drug-likeness (QED) is 0.732. The molecule has 29 heavy (non-hydrogen) atoms. The van der Waals surface area contributed by atoms with Gasteiger partial charge < -0.3 is 5.32 Å². The molecule has 0 saturated carbocycles. The molecule has 1 unspecified atom stereocenters. The van der Waals surface area contributed by atoms with E-state index >= 15 is 0 Å². The molecule has 0 spiro atoms. The first kappa shape index (κ1) is 21.2. The van der Waals surface area contributed by atoms with E-state index in [1.807, 2.05) is 31.2 Å². The van der Waals surface area contributed by atoms with E-state index in [9.17, 15) is 18.0 Å². The zero-order valence-electron chi connectivity index (χ0n) is 16.7. The molecule has 1 aliphatic rings. The van der Waals surface area contributed by atoms with Gasteiger partial charge in [-0.2, -0.15) is 4.31 Å². The predicted octanol–water partition coefficient (Wildman–Crippen LogP) is 3.63. The van der Waals surface area contributed by atoms with Crippen LogP contribution in [0.4, 0.5) is 5.69 Å². The fourth-order valence-electron chi connectivity index (χ4n) is 3.62. The van der Waals surface area contributed by atoms with Crippen molar-refractivity contribution < 1.29 is 18.0 Å². The van der Waals surface area contributed by atoms with Crippen LogP contribution in [0.2, 0.25) is 0 Å². The van der Waals surface area contributed by atoms with Crippen LogP contribution in [0.25, 0.3) is 0 Å². The Morgan fingerprint density at radius 3 is 2.41 bits per heavy atom. The lowest BCUT2D eigenvalue weighted by Gasteiger charge is -2.33. The Labute approximate surface area is 172 Å². The molecule has 6 nitrogen and oxygen atoms in total. The molecule has 1 amide bonds. The number of nitrogens with zero attached hydrogens (tertiary/aromatic N) is 1. The molecule has 3 rings (SSSR count). The van der Waals surface area contributed by atoms with Gasteiger partial charge in [0.15, 0.2) is 5.78 Å². The number of carbonyl (C=O) groups excluding carboxylic acids is 2. The molecular formula is C22H26N2O4S. The lowest BCUT2D eigenvalue weighted by Crippen LogP contribution is -2.49. The van der Waals surface area contributed by atoms with Gasteiger partial charge in [-0.25, -0.2) is 8.42 Å². The highest BCUT2D eigenvalue weighted by Gasteiger charge is 2.37. The fraction of sp³-hybridized carbons (Fsp3) is 0.364. The van der Waals surface area contributed by atoms with E-state index in [2.05, 4.69) is 5.32 Å². The highest BCUT2D eigenvalue weighted by molar-refractivity contribution is 7.89. The van der Waals surface area contributed by atoms with Crippen molar-refractivity contribution in [2.45, 2.75) is 50.5 Å². The Hall–Kier alpha value is -2.51. The maximum atomic E-state index is 13.2. The molecule has 0 aliphatic carbocycles. The molecule has 0 bridgehead atoms. The Morgan fingerprint density at radius 2 is 1.76 bits per heavy atom. The van der Waals surface area contributed by atoms with Crippen LogP contribution < -0.4 is 5.32 Å². The minimum absolute atomic E-state index is 0.0937. The van der Waals surface area contributed by atoms with Gasteiger partial charge in [-0.15, -0.1) is 0 Å². The zero-order chi connectivity index (χ0) is 21.0. The number of carbonyl (C=O) groups is 2. The highest BCUT2D eigenvalue weighted by atomic mass is 32.2. The van der Waals surface area contributed by atoms with E-state index < -0.39 is 16.1 Å². The number of rotatable bonds is 6. The molecule has 0 aromatic heterocycles. The van der Waals surface area contributed by atoms with Gasteiger partial charge in [0.2, 0.25) is 15.9 Å². The number of benzene rings is 2. The fourth-order valence-corrected chi connectivity index (χ4v) is 5.27. The second kappa shape index (κ2) is 8.88. The second-order valence-electron chi connectivity index (χ2n) is 7.21. The van der Waals surface area contributed by atoms with Crippen LogP contribution in [0, 0.1) is 0 Å². The smallest absolute Gasteiger partial charge is 0.243 e. The molecule has 1 atom stereocenters. The molecule has 1 heterocycles. The van der Waals surface area contributed by atoms with Crippen LogP contribution in [0.5, 0.6) is 0 Å². The number of ketones is 1. The number of hydrogen-bond donors (Lipinski definition) is 1. The number of aryl methyl sites for hydroxylation is 1. The largest absolute Gasteiger partial charge is 0.324 e. The summed E-state index contributed by atoms with van der Waals surface area (Å²) in [5, 5.41) is 2.92. The number of anilines is 1. The monoisotopic (exact) mass is 414 g/mol. The van der Waals surface area contributed by atoms with Crippen LogP contribution in [-0.2, 0) is 21.2 Å². The lowest BCUT2D eigenvalue weighted by atomic mass is 10.0. The molecule has 1 saturated heterocycles. The van der Waals surface area contributed by atoms with Crippen molar-refractivity contribution in [1.82, 2.24) is 4.31 Å². The van der Waals surface area contributed by atoms with Gasteiger partial charge >= 0.3 is 0 Å². The number of piperidine rings is 1. The first-order valence-corrected chi connectivity index (χ1v) is 11.3. The number of nitrogens with one attached hydrogen (secondary N) is 1. The Morgan fingerprint density at radius 1 is 1.07 bits per heavy atom. The minimum atomic E-state index is -3.85. The van der Waals surface area contributed by atoms with Gasteiger partial charge in [0.05, 0.1) is 4.90 Å². The second-order valence-corrected chi connectivity index (χ2v) is 9.10. The van der Waals surface area contributed by atoms with Gasteiger partial charge in [0.1, 0.15) is 6.04 Å². The maximum Gasteiger partial charge on any atom is 0.243 e. The van der Waals surface area contributed by atoms with E-state index in [1.54, 1.807) is 0 Å². The van der Waals surface area contributed by atoms with Crippen LogP contribution in [0.3, 0.4) is 0 Å². The number of hydrogen-bond acceptors (Lipinski definition) is 4. The van der Waals surface area contributed by atoms with Gasteiger partial charge in [0.25, 0.3) is 0 Å². The van der Waals surface area contributed by atoms with Crippen molar-refractivity contribution in [3.63, 3.8) is 0 Å². The van der Waals surface area contributed by atoms with Crippen LogP contribution in [0.1, 0.15) is 49.0 Å². The summed E-state index contributed by atoms with van der Waals surface area (Å²) in [6.45, 7) is 3.74. The molecule has 154 valence electrons. The van der Waals surface area contributed by atoms with E-state index in [-0.39, 0.29) is 16.6 Å². The first-order chi connectivity index (χ1) is 13.8. The zero-order valence-corrected chi connectivity index (χ0v) is 17.5. The van der Waals surface area contributed by atoms with Crippen molar-refractivity contribution >= 4 is 27.4 Å². The van der Waals surface area contributed by atoms with Gasteiger partial charge in [-0.1, -0.05) is 43.7 Å². The average Bonchev–Trinajstić information content (AvgIpc) is 2.74. The normalized spacial score (nSPS) is 17.7. The molecule has 0 radical (unpaired) electrons. The Bertz CT molecular complexity index is 1000. The standard InChI is InChI=1S/C22H26N2O4S/c1-3-17-8-4-5-9-20(17)23-22(26)21-10-6-7-15-24(21)29(27,28)19-13-11-18(12-14-19)16(2)25/h4-5,8-9,11-14,21H,3,6-7,10,15H2,1-2H3,(H,23,26). The summed E-state index contributed by atoms with van der Waals surface area (Å²) < 4.78 is 27.7. The molecule has 1 fully saturated rings. The third-order valence-electron chi connectivity index (χ3n) is 5.28. The number of para-hydroxylation sites is 1. The number of amides is 1. The van der Waals surface area contributed by atoms with Gasteiger partial charge in [-0.3, -0.25) is 9.59 Å². The third kappa shape index (κ3) is 4.57. The predicted molar refractivity (Wildman–Crippen MR) is 112 cm³/mol. The molecule has 1 aliphatic heterocycles. The number of sulfonamides is 1. The molecule has 2 aromatic rings. The Kier molecular flexibility index (Phi) is 6.49. The van der Waals surface area contributed by atoms with E-state index in [0.717, 1.165) is 18.4 Å². The molecule has 1 N–H and O–H groups in total. The summed E-state index contributed by atoms with van der Waals surface area (Å²) in [5.41, 5.74) is 2.17. The summed E-state index contributed by atoms with van der Waals surface area (Å²) >= 11 is 0. The summed E-state index contributed by atoms with van der Waals surface area (Å²) in [5.74, 6) is -0.437. The summed E-state index contributed by atoms with van der Waals surface area (Å²) in [6.07, 6.45) is 2.75. The average molecular weight is 415 g/mol. The van der Waals surface area contributed by atoms with Gasteiger partial charge in [0, 0.05) is 17.8 Å². The first-order valence-electron chi connectivity index (χ1n) is 9.86. The topological polar surface area (TPSA) is 83.6 Å². The summed E-state index contributed by atoms with van der Waals surface area (Å²) in [4.78, 5) is 24.6. The highest BCUT2D eigenvalue weighted by Crippen LogP contribution is 2.27. The summed E-state index contributed by atoms with van der Waals surface area (Å²) in [7, 11) is -3.85. The van der Waals surface area contributed by atoms with Crippen molar-refractivity contribution in [1.29, 1.82) is 0 Å². The molecule has 7 heteroatoms. The van der Waals surface area contributed by atoms with Crippen LogP contribution in [0.15, 0.2) is 53.4 Å². The van der Waals surface area contributed by atoms with E-state index in [1.165, 1.54) is 35.5 Å². The lowest BCUT2D eigenvalue weighted by molar-refractivity contribution is -0.120. The maximum absolute atomic E-state index is 13.2.